The van der Waals surface area contributed by atoms with Crippen molar-refractivity contribution in [2.75, 3.05) is 0 Å². The van der Waals surface area contributed by atoms with Crippen LogP contribution in [0.15, 0.2) is 48.5 Å². The molecule has 21 heavy (non-hydrogen) atoms. The van der Waals surface area contributed by atoms with Gasteiger partial charge in [0.05, 0.1) is 6.10 Å². The molecule has 1 N–H and O–H groups in total. The van der Waals surface area contributed by atoms with Crippen LogP contribution in [0.25, 0.3) is 0 Å². The summed E-state index contributed by atoms with van der Waals surface area (Å²) in [6, 6.07) is 13.3. The van der Waals surface area contributed by atoms with Gasteiger partial charge in [-0.1, -0.05) is 18.2 Å². The third-order valence-electron chi connectivity index (χ3n) is 2.89. The number of carbonyl (C=O) groups is 1. The Kier molecular flexibility index (Phi) is 4.93. The van der Waals surface area contributed by atoms with Crippen LogP contribution in [0.5, 0.6) is 5.75 Å². The monoisotopic (exact) mass is 287 g/mol. The summed E-state index contributed by atoms with van der Waals surface area (Å²) in [6.45, 7) is 4.04. The van der Waals surface area contributed by atoms with Crippen molar-refractivity contribution in [2.24, 2.45) is 0 Å². The van der Waals surface area contributed by atoms with Crippen LogP contribution in [0.4, 0.5) is 4.39 Å². The van der Waals surface area contributed by atoms with E-state index in [2.05, 4.69) is 5.32 Å². The molecule has 2 aromatic rings. The molecule has 110 valence electrons. The number of ether oxygens (including phenoxy) is 1. The lowest BCUT2D eigenvalue weighted by molar-refractivity contribution is 0.0950. The number of amides is 1. The normalized spacial score (nSPS) is 10.5. The van der Waals surface area contributed by atoms with Crippen molar-refractivity contribution in [3.63, 3.8) is 0 Å². The molecule has 2 aromatic carbocycles. The molecule has 0 aliphatic heterocycles. The SMILES string of the molecule is CC(C)Oc1ccc(C(=O)NCc2ccccc2F)cc1. The first kappa shape index (κ1) is 15.0. The van der Waals surface area contributed by atoms with Gasteiger partial charge in [0.2, 0.25) is 0 Å². The summed E-state index contributed by atoms with van der Waals surface area (Å²) in [4.78, 5) is 12.0. The summed E-state index contributed by atoms with van der Waals surface area (Å²) < 4.78 is 19.0. The zero-order valence-electron chi connectivity index (χ0n) is 12.1. The Labute approximate surface area is 123 Å². The lowest BCUT2D eigenvalue weighted by atomic mass is 10.2. The Morgan fingerprint density at radius 3 is 2.43 bits per heavy atom. The van der Waals surface area contributed by atoms with Crippen LogP contribution in [-0.4, -0.2) is 12.0 Å². The Hall–Kier alpha value is -2.36. The maximum absolute atomic E-state index is 13.4. The highest BCUT2D eigenvalue weighted by atomic mass is 19.1. The molecule has 0 aliphatic carbocycles. The van der Waals surface area contributed by atoms with Crippen LogP contribution in [0.2, 0.25) is 0 Å². The number of halogens is 1. The van der Waals surface area contributed by atoms with Gasteiger partial charge in [0, 0.05) is 17.7 Å². The van der Waals surface area contributed by atoms with Gasteiger partial charge in [0.15, 0.2) is 0 Å². The number of nitrogens with one attached hydrogen (secondary N) is 1. The summed E-state index contributed by atoms with van der Waals surface area (Å²) in [5.74, 6) is 0.156. The molecule has 0 aliphatic rings. The fourth-order valence-electron chi connectivity index (χ4n) is 1.88. The second-order valence-corrected chi connectivity index (χ2v) is 4.97. The van der Waals surface area contributed by atoms with Gasteiger partial charge in [-0.05, 0) is 44.2 Å². The van der Waals surface area contributed by atoms with Gasteiger partial charge < -0.3 is 10.1 Å². The van der Waals surface area contributed by atoms with E-state index in [0.29, 0.717) is 11.1 Å². The van der Waals surface area contributed by atoms with E-state index < -0.39 is 0 Å². The van der Waals surface area contributed by atoms with Gasteiger partial charge in [0.25, 0.3) is 5.91 Å². The number of benzene rings is 2. The first-order valence-corrected chi connectivity index (χ1v) is 6.84. The Morgan fingerprint density at radius 1 is 1.14 bits per heavy atom. The van der Waals surface area contributed by atoms with Crippen LogP contribution in [0.1, 0.15) is 29.8 Å². The molecule has 0 bridgehead atoms. The van der Waals surface area contributed by atoms with Crippen LogP contribution < -0.4 is 10.1 Å². The van der Waals surface area contributed by atoms with Crippen molar-refractivity contribution < 1.29 is 13.9 Å². The van der Waals surface area contributed by atoms with Crippen molar-refractivity contribution in [3.05, 3.63) is 65.5 Å². The van der Waals surface area contributed by atoms with Crippen molar-refractivity contribution in [2.45, 2.75) is 26.5 Å². The molecule has 4 heteroatoms. The molecular weight excluding hydrogens is 269 g/mol. The van der Waals surface area contributed by atoms with E-state index in [4.69, 9.17) is 4.74 Å². The standard InChI is InChI=1S/C17H18FNO2/c1-12(2)21-15-9-7-13(8-10-15)17(20)19-11-14-5-3-4-6-16(14)18/h3-10,12H,11H2,1-2H3,(H,19,20). The molecule has 2 rings (SSSR count). The van der Waals surface area contributed by atoms with Gasteiger partial charge in [-0.3, -0.25) is 4.79 Å². The predicted octanol–water partition coefficient (Wildman–Crippen LogP) is 3.54. The molecule has 0 radical (unpaired) electrons. The lowest BCUT2D eigenvalue weighted by Crippen LogP contribution is -2.23. The van der Waals surface area contributed by atoms with Crippen LogP contribution in [-0.2, 0) is 6.54 Å². The zero-order chi connectivity index (χ0) is 15.2. The first-order valence-electron chi connectivity index (χ1n) is 6.84. The van der Waals surface area contributed by atoms with Gasteiger partial charge in [-0.2, -0.15) is 0 Å². The van der Waals surface area contributed by atoms with Gasteiger partial charge in [-0.15, -0.1) is 0 Å². The number of hydrogen-bond donors (Lipinski definition) is 1. The summed E-state index contributed by atoms with van der Waals surface area (Å²) in [6.07, 6.45) is 0.0886. The number of rotatable bonds is 5. The molecule has 0 heterocycles. The van der Waals surface area contributed by atoms with E-state index in [1.807, 2.05) is 13.8 Å². The molecule has 0 spiro atoms. The molecule has 1 amide bonds. The molecule has 0 fully saturated rings. The van der Waals surface area contributed by atoms with E-state index in [9.17, 15) is 9.18 Å². The maximum atomic E-state index is 13.4. The topological polar surface area (TPSA) is 38.3 Å². The smallest absolute Gasteiger partial charge is 0.251 e. The summed E-state index contributed by atoms with van der Waals surface area (Å²) in [7, 11) is 0. The Bertz CT molecular complexity index is 608. The number of carbonyl (C=O) groups excluding carboxylic acids is 1. The fraction of sp³-hybridized carbons (Fsp3) is 0.235. The first-order chi connectivity index (χ1) is 10.1. The highest BCUT2D eigenvalue weighted by molar-refractivity contribution is 5.94. The van der Waals surface area contributed by atoms with Crippen LogP contribution in [0, 0.1) is 5.82 Å². The molecule has 3 nitrogen and oxygen atoms in total. The Balaban J connectivity index is 1.96. The van der Waals surface area contributed by atoms with Crippen molar-refractivity contribution in [1.29, 1.82) is 0 Å². The van der Waals surface area contributed by atoms with E-state index in [-0.39, 0.29) is 24.4 Å². The highest BCUT2D eigenvalue weighted by Gasteiger charge is 2.07. The maximum Gasteiger partial charge on any atom is 0.251 e. The minimum absolute atomic E-state index is 0.0886. The molecule has 0 aromatic heterocycles. The summed E-state index contributed by atoms with van der Waals surface area (Å²) in [5, 5.41) is 2.70. The Morgan fingerprint density at radius 2 is 1.81 bits per heavy atom. The van der Waals surface area contributed by atoms with Gasteiger partial charge in [0.1, 0.15) is 11.6 Å². The average Bonchev–Trinajstić information content (AvgIpc) is 2.46. The van der Waals surface area contributed by atoms with Crippen molar-refractivity contribution in [3.8, 4) is 5.75 Å². The van der Waals surface area contributed by atoms with Gasteiger partial charge in [-0.25, -0.2) is 4.39 Å². The molecule has 0 atom stereocenters. The molecular formula is C17H18FNO2. The quantitative estimate of drug-likeness (QED) is 0.913. The van der Waals surface area contributed by atoms with E-state index in [0.717, 1.165) is 5.75 Å². The van der Waals surface area contributed by atoms with E-state index in [1.165, 1.54) is 6.07 Å². The fourth-order valence-corrected chi connectivity index (χ4v) is 1.88. The minimum Gasteiger partial charge on any atom is -0.491 e. The minimum atomic E-state index is -0.321. The van der Waals surface area contributed by atoms with Crippen LogP contribution >= 0.6 is 0 Å². The third-order valence-corrected chi connectivity index (χ3v) is 2.89. The van der Waals surface area contributed by atoms with E-state index in [1.54, 1.807) is 42.5 Å². The zero-order valence-corrected chi connectivity index (χ0v) is 12.1. The van der Waals surface area contributed by atoms with Gasteiger partial charge >= 0.3 is 0 Å². The predicted molar refractivity (Wildman–Crippen MR) is 79.8 cm³/mol. The summed E-state index contributed by atoms with van der Waals surface area (Å²) >= 11 is 0. The van der Waals surface area contributed by atoms with Crippen molar-refractivity contribution in [1.82, 2.24) is 5.32 Å². The second-order valence-electron chi connectivity index (χ2n) is 4.97. The van der Waals surface area contributed by atoms with E-state index >= 15 is 0 Å². The molecule has 0 unspecified atom stereocenters. The second kappa shape index (κ2) is 6.88. The lowest BCUT2D eigenvalue weighted by Gasteiger charge is -2.10. The average molecular weight is 287 g/mol. The number of hydrogen-bond acceptors (Lipinski definition) is 2. The molecule has 0 saturated carbocycles. The highest BCUT2D eigenvalue weighted by Crippen LogP contribution is 2.14. The largest absolute Gasteiger partial charge is 0.491 e. The van der Waals surface area contributed by atoms with Crippen LogP contribution in [0.3, 0.4) is 0 Å². The van der Waals surface area contributed by atoms with Crippen molar-refractivity contribution >= 4 is 5.91 Å². The summed E-state index contributed by atoms with van der Waals surface area (Å²) in [5.41, 5.74) is 0.980. The molecule has 0 saturated heterocycles. The third kappa shape index (κ3) is 4.31.